The van der Waals surface area contributed by atoms with E-state index in [-0.39, 0.29) is 23.6 Å². The number of carbonyl (C=O) groups is 1. The summed E-state index contributed by atoms with van der Waals surface area (Å²) < 4.78 is 4.79. The second-order valence-corrected chi connectivity index (χ2v) is 6.00. The normalized spacial score (nSPS) is 11.5. The first-order valence-corrected chi connectivity index (χ1v) is 8.08. The number of halogens is 1. The van der Waals surface area contributed by atoms with Gasteiger partial charge in [-0.2, -0.15) is 5.26 Å². The molecule has 0 aliphatic carbocycles. The van der Waals surface area contributed by atoms with Crippen LogP contribution in [-0.2, 0) is 9.53 Å². The number of ether oxygens (including phenoxy) is 1. The Morgan fingerprint density at radius 3 is 2.41 bits per heavy atom. The van der Waals surface area contributed by atoms with Crippen molar-refractivity contribution in [1.82, 2.24) is 0 Å². The number of nitriles is 1. The Kier molecular flexibility index (Phi) is 6.32. The van der Waals surface area contributed by atoms with Crippen LogP contribution in [0.25, 0.3) is 0 Å². The van der Waals surface area contributed by atoms with Crippen molar-refractivity contribution < 1.29 is 9.53 Å². The first-order valence-electron chi connectivity index (χ1n) is 6.65. The molecule has 22 heavy (non-hydrogen) atoms. The maximum Gasteiger partial charge on any atom is 0.316 e. The lowest BCUT2D eigenvalue weighted by atomic mass is 10.0. The van der Waals surface area contributed by atoms with Crippen LogP contribution in [0, 0.1) is 11.3 Å². The van der Waals surface area contributed by atoms with E-state index in [0.717, 1.165) is 11.1 Å². The minimum absolute atomic E-state index is 0.00750. The van der Waals surface area contributed by atoms with Crippen molar-refractivity contribution >= 4 is 29.3 Å². The van der Waals surface area contributed by atoms with E-state index in [1.165, 1.54) is 11.8 Å². The SMILES string of the molecule is N#CCOC(=O)CS[C@@H](c1ccccc1)c1ccc(Cl)cc1. The van der Waals surface area contributed by atoms with Crippen LogP contribution in [0.1, 0.15) is 16.4 Å². The van der Waals surface area contributed by atoms with Gasteiger partial charge in [0.25, 0.3) is 0 Å². The Bertz CT molecular complexity index is 653. The fourth-order valence-electron chi connectivity index (χ4n) is 1.96. The van der Waals surface area contributed by atoms with Crippen LogP contribution in [0.3, 0.4) is 0 Å². The number of hydrogen-bond acceptors (Lipinski definition) is 4. The number of carbonyl (C=O) groups excluding carboxylic acids is 1. The highest BCUT2D eigenvalue weighted by Crippen LogP contribution is 2.36. The van der Waals surface area contributed by atoms with Gasteiger partial charge in [0.05, 0.1) is 11.0 Å². The third-order valence-electron chi connectivity index (χ3n) is 2.94. The van der Waals surface area contributed by atoms with E-state index in [2.05, 4.69) is 0 Å². The highest BCUT2D eigenvalue weighted by atomic mass is 35.5. The summed E-state index contributed by atoms with van der Waals surface area (Å²) in [6.07, 6.45) is 0. The van der Waals surface area contributed by atoms with Gasteiger partial charge in [-0.25, -0.2) is 0 Å². The Morgan fingerprint density at radius 2 is 1.77 bits per heavy atom. The topological polar surface area (TPSA) is 50.1 Å². The third kappa shape index (κ3) is 4.80. The molecule has 112 valence electrons. The van der Waals surface area contributed by atoms with Crippen molar-refractivity contribution in [3.05, 3.63) is 70.7 Å². The van der Waals surface area contributed by atoms with Crippen molar-refractivity contribution in [1.29, 1.82) is 5.26 Å². The lowest BCUT2D eigenvalue weighted by Crippen LogP contribution is -2.09. The molecular weight excluding hydrogens is 318 g/mol. The van der Waals surface area contributed by atoms with Crippen molar-refractivity contribution in [3.8, 4) is 6.07 Å². The van der Waals surface area contributed by atoms with E-state index < -0.39 is 0 Å². The standard InChI is InChI=1S/C17H14ClNO2S/c18-15-8-6-14(7-9-15)17(13-4-2-1-3-5-13)22-12-16(20)21-11-10-19/h1-9,17H,11-12H2/t17-/m0/s1. The quantitative estimate of drug-likeness (QED) is 0.743. The molecule has 0 saturated heterocycles. The molecule has 0 aliphatic rings. The molecule has 5 heteroatoms. The zero-order valence-electron chi connectivity index (χ0n) is 11.7. The number of nitrogens with zero attached hydrogens (tertiary/aromatic N) is 1. The Labute approximate surface area is 138 Å². The lowest BCUT2D eigenvalue weighted by Gasteiger charge is -2.17. The van der Waals surface area contributed by atoms with E-state index in [1.54, 1.807) is 6.07 Å². The highest BCUT2D eigenvalue weighted by Gasteiger charge is 2.17. The number of benzene rings is 2. The molecule has 0 saturated carbocycles. The minimum Gasteiger partial charge on any atom is -0.450 e. The third-order valence-corrected chi connectivity index (χ3v) is 4.47. The summed E-state index contributed by atoms with van der Waals surface area (Å²) in [5.41, 5.74) is 2.16. The van der Waals surface area contributed by atoms with Crippen molar-refractivity contribution in [3.63, 3.8) is 0 Å². The van der Waals surface area contributed by atoms with Gasteiger partial charge >= 0.3 is 5.97 Å². The molecule has 0 heterocycles. The van der Waals surface area contributed by atoms with Crippen LogP contribution < -0.4 is 0 Å². The number of esters is 1. The Hall–Kier alpha value is -1.96. The molecule has 0 amide bonds. The molecule has 0 spiro atoms. The summed E-state index contributed by atoms with van der Waals surface area (Å²) in [7, 11) is 0. The molecule has 0 N–H and O–H groups in total. The summed E-state index contributed by atoms with van der Waals surface area (Å²) >= 11 is 7.40. The van der Waals surface area contributed by atoms with Crippen LogP contribution in [0.5, 0.6) is 0 Å². The van der Waals surface area contributed by atoms with Crippen LogP contribution in [0.15, 0.2) is 54.6 Å². The maximum atomic E-state index is 11.6. The summed E-state index contributed by atoms with van der Waals surface area (Å²) in [6.45, 7) is -0.212. The van der Waals surface area contributed by atoms with Crippen LogP contribution in [-0.4, -0.2) is 18.3 Å². The van der Waals surface area contributed by atoms with E-state index in [9.17, 15) is 4.79 Å². The Balaban J connectivity index is 2.14. The fourth-order valence-corrected chi connectivity index (χ4v) is 3.17. The monoisotopic (exact) mass is 331 g/mol. The highest BCUT2D eigenvalue weighted by molar-refractivity contribution is 8.00. The van der Waals surface area contributed by atoms with E-state index >= 15 is 0 Å². The average molecular weight is 332 g/mol. The molecule has 0 aromatic heterocycles. The van der Waals surface area contributed by atoms with E-state index in [4.69, 9.17) is 21.6 Å². The fraction of sp³-hybridized carbons (Fsp3) is 0.176. The molecule has 0 aliphatic heterocycles. The van der Waals surface area contributed by atoms with Gasteiger partial charge in [0.2, 0.25) is 0 Å². The van der Waals surface area contributed by atoms with Gasteiger partial charge in [-0.1, -0.05) is 54.1 Å². The molecule has 0 fully saturated rings. The first kappa shape index (κ1) is 16.4. The number of thioether (sulfide) groups is 1. The van der Waals surface area contributed by atoms with E-state index in [1.807, 2.05) is 54.6 Å². The molecule has 0 radical (unpaired) electrons. The minimum atomic E-state index is -0.388. The predicted octanol–water partition coefficient (Wildman–Crippen LogP) is 4.23. The largest absolute Gasteiger partial charge is 0.450 e. The molecule has 2 aromatic carbocycles. The van der Waals surface area contributed by atoms with Crippen molar-refractivity contribution in [2.45, 2.75) is 5.25 Å². The van der Waals surface area contributed by atoms with Crippen LogP contribution >= 0.6 is 23.4 Å². The van der Waals surface area contributed by atoms with Crippen LogP contribution in [0.2, 0.25) is 5.02 Å². The van der Waals surface area contributed by atoms with Gasteiger partial charge in [-0.15, -0.1) is 11.8 Å². The number of hydrogen-bond donors (Lipinski definition) is 0. The van der Waals surface area contributed by atoms with E-state index in [0.29, 0.717) is 5.02 Å². The summed E-state index contributed by atoms with van der Waals surface area (Å²) in [6, 6.07) is 19.3. The van der Waals surface area contributed by atoms with Crippen molar-refractivity contribution in [2.75, 3.05) is 12.4 Å². The summed E-state index contributed by atoms with van der Waals surface area (Å²) in [5.74, 6) is -0.203. The average Bonchev–Trinajstić information content (AvgIpc) is 2.55. The molecule has 1 atom stereocenters. The maximum absolute atomic E-state index is 11.6. The molecular formula is C17H14ClNO2S. The van der Waals surface area contributed by atoms with Crippen LogP contribution in [0.4, 0.5) is 0 Å². The van der Waals surface area contributed by atoms with Gasteiger partial charge in [-0.05, 0) is 23.3 Å². The zero-order valence-corrected chi connectivity index (χ0v) is 13.3. The van der Waals surface area contributed by atoms with Gasteiger partial charge in [-0.3, -0.25) is 4.79 Å². The second-order valence-electron chi connectivity index (χ2n) is 4.47. The zero-order chi connectivity index (χ0) is 15.8. The van der Waals surface area contributed by atoms with Gasteiger partial charge in [0.15, 0.2) is 6.61 Å². The van der Waals surface area contributed by atoms with Gasteiger partial charge < -0.3 is 4.74 Å². The molecule has 3 nitrogen and oxygen atoms in total. The molecule has 0 unspecified atom stereocenters. The lowest BCUT2D eigenvalue weighted by molar-refractivity contribution is -0.139. The smallest absolute Gasteiger partial charge is 0.316 e. The second kappa shape index (κ2) is 8.47. The molecule has 2 rings (SSSR count). The number of rotatable bonds is 6. The molecule has 2 aromatic rings. The Morgan fingerprint density at radius 1 is 1.14 bits per heavy atom. The molecule has 0 bridgehead atoms. The first-order chi connectivity index (χ1) is 10.7. The van der Waals surface area contributed by atoms with Gasteiger partial charge in [0.1, 0.15) is 6.07 Å². The van der Waals surface area contributed by atoms with Gasteiger partial charge in [0, 0.05) is 5.02 Å². The summed E-state index contributed by atoms with van der Waals surface area (Å²) in [5, 5.41) is 9.11. The summed E-state index contributed by atoms with van der Waals surface area (Å²) in [4.78, 5) is 11.6. The van der Waals surface area contributed by atoms with Crippen molar-refractivity contribution in [2.24, 2.45) is 0 Å². The predicted molar refractivity (Wildman–Crippen MR) is 88.8 cm³/mol.